The first-order valence-corrected chi connectivity index (χ1v) is 13.5. The lowest BCUT2D eigenvalue weighted by atomic mass is 9.97. The zero-order valence-electron chi connectivity index (χ0n) is 19.8. The van der Waals surface area contributed by atoms with Crippen LogP contribution in [0.4, 0.5) is 4.39 Å². The van der Waals surface area contributed by atoms with Crippen LogP contribution in [-0.2, 0) is 27.7 Å². The highest BCUT2D eigenvalue weighted by molar-refractivity contribution is 7.89. The average molecular weight is 509 g/mol. The maximum Gasteiger partial charge on any atom is 0.251 e. The molecule has 0 heterocycles. The maximum atomic E-state index is 13.2. The van der Waals surface area contributed by atoms with Crippen LogP contribution in [0.15, 0.2) is 83.8 Å². The predicted molar refractivity (Wildman–Crippen MR) is 136 cm³/mol. The van der Waals surface area contributed by atoms with Gasteiger partial charge in [0.1, 0.15) is 5.82 Å². The molecule has 1 amide bonds. The van der Waals surface area contributed by atoms with Gasteiger partial charge in [-0.05, 0) is 66.8 Å². The fourth-order valence-electron chi connectivity index (χ4n) is 4.38. The number of hydrogen-bond donors (Lipinski definition) is 2. The molecule has 3 aromatic rings. The predicted octanol–water partition coefficient (Wildman–Crippen LogP) is 4.20. The third-order valence-electron chi connectivity index (χ3n) is 6.37. The van der Waals surface area contributed by atoms with Crippen LogP contribution in [0.5, 0.6) is 0 Å². The third kappa shape index (κ3) is 6.86. The number of benzene rings is 3. The summed E-state index contributed by atoms with van der Waals surface area (Å²) in [5.74, 6) is -1.13. The minimum Gasteiger partial charge on any atom is -0.342 e. The van der Waals surface area contributed by atoms with Gasteiger partial charge in [0.25, 0.3) is 5.91 Å². The number of Topliss-reactive ketones (excluding diaryl/α,β-unsaturated/α-hetero) is 1. The van der Waals surface area contributed by atoms with Crippen molar-refractivity contribution < 1.29 is 22.4 Å². The fourth-order valence-corrected chi connectivity index (χ4v) is 5.68. The van der Waals surface area contributed by atoms with Crippen molar-refractivity contribution in [3.05, 3.63) is 101 Å². The maximum absolute atomic E-state index is 13.2. The molecule has 0 spiro atoms. The molecule has 1 saturated carbocycles. The number of carbonyl (C=O) groups excluding carboxylic acids is 2. The topological polar surface area (TPSA) is 92.3 Å². The molecule has 0 aliphatic heterocycles. The van der Waals surface area contributed by atoms with Gasteiger partial charge in [-0.15, -0.1) is 0 Å². The molecule has 1 aliphatic rings. The van der Waals surface area contributed by atoms with Gasteiger partial charge in [0.15, 0.2) is 5.78 Å². The first-order valence-electron chi connectivity index (χ1n) is 12.0. The van der Waals surface area contributed by atoms with Gasteiger partial charge in [0.05, 0.1) is 10.9 Å². The summed E-state index contributed by atoms with van der Waals surface area (Å²) in [7, 11) is -3.61. The normalized spacial score (nSPS) is 14.9. The molecular weight excluding hydrogens is 479 g/mol. The Labute approximate surface area is 211 Å². The monoisotopic (exact) mass is 508 g/mol. The Balaban J connectivity index is 1.46. The summed E-state index contributed by atoms with van der Waals surface area (Å²) in [6.07, 6.45) is 4.06. The molecule has 6 nitrogen and oxygen atoms in total. The van der Waals surface area contributed by atoms with Crippen molar-refractivity contribution in [2.75, 3.05) is 0 Å². The molecule has 0 saturated heterocycles. The first kappa shape index (κ1) is 25.7. The number of ketones is 1. The van der Waals surface area contributed by atoms with Crippen molar-refractivity contribution >= 4 is 21.7 Å². The van der Waals surface area contributed by atoms with E-state index in [0.717, 1.165) is 31.2 Å². The van der Waals surface area contributed by atoms with E-state index in [0.29, 0.717) is 12.0 Å². The summed E-state index contributed by atoms with van der Waals surface area (Å²) in [5.41, 5.74) is 1.79. The van der Waals surface area contributed by atoms with Crippen LogP contribution in [0.3, 0.4) is 0 Å². The summed E-state index contributed by atoms with van der Waals surface area (Å²) in [6.45, 7) is 0. The number of sulfonamides is 1. The molecule has 8 heteroatoms. The van der Waals surface area contributed by atoms with Gasteiger partial charge in [-0.2, -0.15) is 0 Å². The Morgan fingerprint density at radius 2 is 1.50 bits per heavy atom. The lowest BCUT2D eigenvalue weighted by molar-refractivity contribution is -0.120. The zero-order chi connectivity index (χ0) is 25.5. The van der Waals surface area contributed by atoms with Gasteiger partial charge < -0.3 is 5.32 Å². The van der Waals surface area contributed by atoms with E-state index < -0.39 is 27.8 Å². The van der Waals surface area contributed by atoms with Gasteiger partial charge in [-0.3, -0.25) is 9.59 Å². The highest BCUT2D eigenvalue weighted by Crippen LogP contribution is 2.21. The SMILES string of the molecule is O=C(N[C@@H](Cc1ccccc1)C(=O)Cc1ccc(S(=O)(=O)NC2CCCC2)cc1)c1ccc(F)cc1. The van der Waals surface area contributed by atoms with Gasteiger partial charge in [-0.25, -0.2) is 17.5 Å². The van der Waals surface area contributed by atoms with Crippen LogP contribution in [-0.4, -0.2) is 32.2 Å². The second kappa shape index (κ2) is 11.6. The fraction of sp³-hybridized carbons (Fsp3) is 0.286. The Kier molecular flexibility index (Phi) is 8.28. The number of rotatable bonds is 10. The van der Waals surface area contributed by atoms with E-state index in [-0.39, 0.29) is 28.7 Å². The largest absolute Gasteiger partial charge is 0.342 e. The molecule has 0 radical (unpaired) electrons. The average Bonchev–Trinajstić information content (AvgIpc) is 3.37. The zero-order valence-corrected chi connectivity index (χ0v) is 20.6. The molecule has 0 unspecified atom stereocenters. The minimum atomic E-state index is -3.61. The molecule has 3 aromatic carbocycles. The molecule has 36 heavy (non-hydrogen) atoms. The summed E-state index contributed by atoms with van der Waals surface area (Å²) in [6, 6.07) is 19.9. The Morgan fingerprint density at radius 1 is 0.861 bits per heavy atom. The Bertz CT molecular complexity index is 1290. The molecule has 1 aliphatic carbocycles. The van der Waals surface area contributed by atoms with Gasteiger partial charge >= 0.3 is 0 Å². The highest BCUT2D eigenvalue weighted by Gasteiger charge is 2.24. The lowest BCUT2D eigenvalue weighted by Crippen LogP contribution is -2.43. The molecule has 4 rings (SSSR count). The second-order valence-corrected chi connectivity index (χ2v) is 10.8. The third-order valence-corrected chi connectivity index (χ3v) is 7.91. The van der Waals surface area contributed by atoms with Crippen LogP contribution >= 0.6 is 0 Å². The molecule has 0 aromatic heterocycles. The quantitative estimate of drug-likeness (QED) is 0.429. The van der Waals surface area contributed by atoms with Crippen LogP contribution < -0.4 is 10.0 Å². The number of amides is 1. The van der Waals surface area contributed by atoms with E-state index in [9.17, 15) is 22.4 Å². The highest BCUT2D eigenvalue weighted by atomic mass is 32.2. The smallest absolute Gasteiger partial charge is 0.251 e. The Morgan fingerprint density at radius 3 is 2.14 bits per heavy atom. The van der Waals surface area contributed by atoms with E-state index in [2.05, 4.69) is 10.0 Å². The van der Waals surface area contributed by atoms with E-state index in [1.807, 2.05) is 30.3 Å². The van der Waals surface area contributed by atoms with E-state index in [4.69, 9.17) is 0 Å². The van der Waals surface area contributed by atoms with Crippen LogP contribution in [0.2, 0.25) is 0 Å². The van der Waals surface area contributed by atoms with E-state index in [1.54, 1.807) is 12.1 Å². The second-order valence-electron chi connectivity index (χ2n) is 9.11. The van der Waals surface area contributed by atoms with E-state index in [1.165, 1.54) is 36.4 Å². The van der Waals surface area contributed by atoms with E-state index >= 15 is 0 Å². The van der Waals surface area contributed by atoms with Crippen molar-refractivity contribution in [1.82, 2.24) is 10.0 Å². The number of halogens is 1. The summed E-state index contributed by atoms with van der Waals surface area (Å²) < 4.78 is 41.3. The van der Waals surface area contributed by atoms with Gasteiger partial charge in [0.2, 0.25) is 10.0 Å². The van der Waals surface area contributed by atoms with Crippen molar-refractivity contribution in [1.29, 1.82) is 0 Å². The molecule has 0 bridgehead atoms. The van der Waals surface area contributed by atoms with Crippen molar-refractivity contribution in [3.8, 4) is 0 Å². The first-order chi connectivity index (χ1) is 17.3. The van der Waals surface area contributed by atoms with Crippen molar-refractivity contribution in [3.63, 3.8) is 0 Å². The number of hydrogen-bond acceptors (Lipinski definition) is 4. The number of carbonyl (C=O) groups is 2. The standard InChI is InChI=1S/C28H29FN2O4S/c29-23-14-12-22(13-15-23)28(33)30-26(18-20-6-2-1-3-7-20)27(32)19-21-10-16-25(17-11-21)36(34,35)31-24-8-4-5-9-24/h1-3,6-7,10-17,24,26,31H,4-5,8-9,18-19H2,(H,30,33)/t26-/m0/s1. The Hall–Kier alpha value is -3.36. The summed E-state index contributed by atoms with van der Waals surface area (Å²) >= 11 is 0. The van der Waals surface area contributed by atoms with Crippen LogP contribution in [0.25, 0.3) is 0 Å². The molecule has 2 N–H and O–H groups in total. The van der Waals surface area contributed by atoms with Crippen molar-refractivity contribution in [2.45, 2.75) is 55.5 Å². The molecular formula is C28H29FN2O4S. The molecule has 1 atom stereocenters. The van der Waals surface area contributed by atoms with Crippen LogP contribution in [0, 0.1) is 5.82 Å². The minimum absolute atomic E-state index is 0.0254. The van der Waals surface area contributed by atoms with Crippen LogP contribution in [0.1, 0.15) is 47.2 Å². The van der Waals surface area contributed by atoms with Crippen molar-refractivity contribution in [2.24, 2.45) is 0 Å². The lowest BCUT2D eigenvalue weighted by Gasteiger charge is -2.18. The number of nitrogens with one attached hydrogen (secondary N) is 2. The summed E-state index contributed by atoms with van der Waals surface area (Å²) in [4.78, 5) is 26.2. The molecule has 1 fully saturated rings. The molecule has 188 valence electrons. The van der Waals surface area contributed by atoms with Gasteiger partial charge in [0, 0.05) is 18.0 Å². The summed E-state index contributed by atoms with van der Waals surface area (Å²) in [5, 5.41) is 2.78. The van der Waals surface area contributed by atoms with Gasteiger partial charge in [-0.1, -0.05) is 55.3 Å².